The molecular weight excluding hydrogens is 258 g/mol. The molecule has 0 fully saturated rings. The Labute approximate surface area is 87.1 Å². The van der Waals surface area contributed by atoms with Crippen LogP contribution < -0.4 is 9.36 Å². The summed E-state index contributed by atoms with van der Waals surface area (Å²) in [5.74, 6) is 0. The van der Waals surface area contributed by atoms with E-state index in [0.717, 1.165) is 5.69 Å². The predicted molar refractivity (Wildman–Crippen MR) is 52.2 cm³/mol. The summed E-state index contributed by atoms with van der Waals surface area (Å²) in [5, 5.41) is -4.06. The topological polar surface area (TPSA) is 3.24 Å². The molecule has 0 spiro atoms. The van der Waals surface area contributed by atoms with Gasteiger partial charge in [-0.05, 0) is 0 Å². The molecule has 0 heterocycles. The molecule has 0 aliphatic rings. The molecular formula is C9H10F3NSe. The van der Waals surface area contributed by atoms with Crippen LogP contribution in [0.15, 0.2) is 24.3 Å². The summed E-state index contributed by atoms with van der Waals surface area (Å²) in [6.45, 7) is 0. The maximum atomic E-state index is 12.0. The van der Waals surface area contributed by atoms with E-state index in [9.17, 15) is 13.2 Å². The molecule has 0 unspecified atom stereocenters. The molecule has 1 aromatic rings. The Balaban J connectivity index is 2.74. The minimum atomic E-state index is -4.06. The van der Waals surface area contributed by atoms with Crippen molar-refractivity contribution < 1.29 is 13.2 Å². The van der Waals surface area contributed by atoms with Gasteiger partial charge in [0.2, 0.25) is 0 Å². The molecule has 0 bridgehead atoms. The van der Waals surface area contributed by atoms with Gasteiger partial charge in [0.05, 0.1) is 0 Å². The van der Waals surface area contributed by atoms with Crippen LogP contribution in [0.3, 0.4) is 0 Å². The van der Waals surface area contributed by atoms with Crippen molar-refractivity contribution in [2.75, 3.05) is 19.0 Å². The second-order valence-electron chi connectivity index (χ2n) is 2.94. The monoisotopic (exact) mass is 269 g/mol. The molecule has 0 aliphatic carbocycles. The van der Waals surface area contributed by atoms with Crippen LogP contribution >= 0.6 is 0 Å². The van der Waals surface area contributed by atoms with Gasteiger partial charge in [0.15, 0.2) is 0 Å². The molecule has 78 valence electrons. The number of nitrogens with zero attached hydrogens (tertiary/aromatic N) is 1. The SMILES string of the molecule is CN(C)c1ccc([Se]C(F)(F)F)cc1. The van der Waals surface area contributed by atoms with Crippen LogP contribution in [0.25, 0.3) is 0 Å². The van der Waals surface area contributed by atoms with E-state index in [0.29, 0.717) is 4.46 Å². The van der Waals surface area contributed by atoms with Crippen LogP contribution in [-0.4, -0.2) is 34.1 Å². The normalized spacial score (nSPS) is 11.5. The quantitative estimate of drug-likeness (QED) is 0.736. The van der Waals surface area contributed by atoms with Crippen LogP contribution in [0, 0.1) is 0 Å². The Hall–Kier alpha value is -0.671. The van der Waals surface area contributed by atoms with Crippen LogP contribution in [0.1, 0.15) is 0 Å². The number of hydrogen-bond donors (Lipinski definition) is 0. The first kappa shape index (κ1) is 11.4. The molecule has 1 nitrogen and oxygen atoms in total. The fourth-order valence-corrected chi connectivity index (χ4v) is 2.08. The van der Waals surface area contributed by atoms with Gasteiger partial charge in [-0.3, -0.25) is 0 Å². The fraction of sp³-hybridized carbons (Fsp3) is 0.333. The Bertz CT molecular complexity index is 292. The second-order valence-corrected chi connectivity index (χ2v) is 5.32. The average Bonchev–Trinajstić information content (AvgIpc) is 2.02. The van der Waals surface area contributed by atoms with Gasteiger partial charge >= 0.3 is 86.6 Å². The molecule has 0 saturated carbocycles. The third-order valence-corrected chi connectivity index (χ3v) is 3.14. The van der Waals surface area contributed by atoms with E-state index in [2.05, 4.69) is 0 Å². The summed E-state index contributed by atoms with van der Waals surface area (Å²) >= 11 is -1.43. The number of hydrogen-bond acceptors (Lipinski definition) is 1. The maximum absolute atomic E-state index is 12.0. The van der Waals surface area contributed by atoms with Crippen LogP contribution in [0.5, 0.6) is 0 Å². The summed E-state index contributed by atoms with van der Waals surface area (Å²) in [6.07, 6.45) is 0. The zero-order chi connectivity index (χ0) is 10.8. The van der Waals surface area contributed by atoms with Gasteiger partial charge in [0.25, 0.3) is 0 Å². The molecule has 0 atom stereocenters. The van der Waals surface area contributed by atoms with E-state index >= 15 is 0 Å². The number of benzene rings is 1. The molecule has 0 N–H and O–H groups in total. The molecule has 14 heavy (non-hydrogen) atoms. The Morgan fingerprint density at radius 1 is 1.07 bits per heavy atom. The Morgan fingerprint density at radius 2 is 1.57 bits per heavy atom. The van der Waals surface area contributed by atoms with Crippen molar-refractivity contribution >= 4 is 25.1 Å². The van der Waals surface area contributed by atoms with Gasteiger partial charge in [0, 0.05) is 0 Å². The average molecular weight is 268 g/mol. The van der Waals surface area contributed by atoms with Crippen molar-refractivity contribution in [2.24, 2.45) is 0 Å². The fourth-order valence-electron chi connectivity index (χ4n) is 0.946. The summed E-state index contributed by atoms with van der Waals surface area (Å²) in [7, 11) is 3.70. The van der Waals surface area contributed by atoms with Gasteiger partial charge in [-0.2, -0.15) is 0 Å². The molecule has 0 aliphatic heterocycles. The van der Waals surface area contributed by atoms with E-state index in [1.54, 1.807) is 12.1 Å². The van der Waals surface area contributed by atoms with Crippen molar-refractivity contribution in [3.05, 3.63) is 24.3 Å². The summed E-state index contributed by atoms with van der Waals surface area (Å²) < 4.78 is 36.4. The zero-order valence-electron chi connectivity index (χ0n) is 7.80. The number of rotatable bonds is 2. The van der Waals surface area contributed by atoms with Gasteiger partial charge in [0.1, 0.15) is 0 Å². The molecule has 5 heteroatoms. The molecule has 0 amide bonds. The van der Waals surface area contributed by atoms with Gasteiger partial charge in [-0.15, -0.1) is 0 Å². The predicted octanol–water partition coefficient (Wildman–Crippen LogP) is 1.60. The van der Waals surface area contributed by atoms with E-state index in [4.69, 9.17) is 0 Å². The molecule has 1 aromatic carbocycles. The molecule has 1 rings (SSSR count). The van der Waals surface area contributed by atoms with Crippen molar-refractivity contribution in [2.45, 2.75) is 5.07 Å². The van der Waals surface area contributed by atoms with Crippen molar-refractivity contribution in [1.82, 2.24) is 0 Å². The minimum absolute atomic E-state index is 0.357. The van der Waals surface area contributed by atoms with Crippen molar-refractivity contribution in [1.29, 1.82) is 0 Å². The van der Waals surface area contributed by atoms with Crippen molar-refractivity contribution in [3.8, 4) is 0 Å². The van der Waals surface area contributed by atoms with Crippen LogP contribution in [0.4, 0.5) is 18.9 Å². The van der Waals surface area contributed by atoms with Gasteiger partial charge in [-0.1, -0.05) is 0 Å². The molecule has 0 saturated heterocycles. The third kappa shape index (κ3) is 3.60. The third-order valence-electron chi connectivity index (χ3n) is 1.59. The van der Waals surface area contributed by atoms with E-state index in [1.807, 2.05) is 19.0 Å². The first-order valence-electron chi connectivity index (χ1n) is 3.91. The summed E-state index contributed by atoms with van der Waals surface area (Å²) in [5.41, 5.74) is 0.909. The Morgan fingerprint density at radius 3 is 1.93 bits per heavy atom. The number of halogens is 3. The Kier molecular flexibility index (Phi) is 3.45. The summed E-state index contributed by atoms with van der Waals surface area (Å²) in [4.78, 5) is 1.85. The number of anilines is 1. The van der Waals surface area contributed by atoms with Gasteiger partial charge in [-0.25, -0.2) is 0 Å². The van der Waals surface area contributed by atoms with E-state index < -0.39 is 20.0 Å². The van der Waals surface area contributed by atoms with E-state index in [1.165, 1.54) is 12.1 Å². The number of alkyl halides is 3. The molecule has 0 radical (unpaired) electrons. The first-order valence-corrected chi connectivity index (χ1v) is 5.63. The zero-order valence-corrected chi connectivity index (χ0v) is 9.51. The standard InChI is InChI=1S/C9H10F3NSe/c1-13(2)7-3-5-8(6-4-7)14-9(10,11)12/h3-6H,1-2H3. The van der Waals surface area contributed by atoms with Crippen molar-refractivity contribution in [3.63, 3.8) is 0 Å². The first-order chi connectivity index (χ1) is 6.38. The molecule has 0 aromatic heterocycles. The van der Waals surface area contributed by atoms with Gasteiger partial charge < -0.3 is 0 Å². The second kappa shape index (κ2) is 4.24. The van der Waals surface area contributed by atoms with E-state index in [-0.39, 0.29) is 0 Å². The summed E-state index contributed by atoms with van der Waals surface area (Å²) in [6, 6.07) is 6.46. The van der Waals surface area contributed by atoms with Crippen LogP contribution in [-0.2, 0) is 0 Å². The van der Waals surface area contributed by atoms with Crippen LogP contribution in [0.2, 0.25) is 0 Å².